The van der Waals surface area contributed by atoms with Gasteiger partial charge in [-0.3, -0.25) is 4.79 Å². The third-order valence-corrected chi connectivity index (χ3v) is 4.68. The molecular formula is C20H16F4N2O2. The number of nitrogens with one attached hydrogen (secondary N) is 2. The highest BCUT2D eigenvalue weighted by Gasteiger charge is 2.51. The Kier molecular flexibility index (Phi) is 4.28. The number of benzene rings is 2. The number of anilines is 1. The van der Waals surface area contributed by atoms with Crippen LogP contribution in [-0.4, -0.2) is 16.6 Å². The zero-order chi connectivity index (χ0) is 19.9. The average Bonchev–Trinajstić information content (AvgIpc) is 3.30. The highest BCUT2D eigenvalue weighted by Crippen LogP contribution is 2.41. The van der Waals surface area contributed by atoms with E-state index in [2.05, 4.69) is 10.3 Å². The number of halogens is 4. The van der Waals surface area contributed by atoms with Crippen molar-refractivity contribution in [1.29, 1.82) is 0 Å². The molecule has 1 saturated carbocycles. The van der Waals surface area contributed by atoms with Crippen LogP contribution in [0, 0.1) is 0 Å². The van der Waals surface area contributed by atoms with E-state index in [4.69, 9.17) is 4.74 Å². The molecule has 1 aliphatic rings. The maximum Gasteiger partial charge on any atom is 0.416 e. The molecule has 0 aliphatic heterocycles. The first-order valence-corrected chi connectivity index (χ1v) is 8.65. The average molecular weight is 392 g/mol. The number of fused-ring (bicyclic) bond motifs is 1. The molecule has 0 atom stereocenters. The predicted octanol–water partition coefficient (Wildman–Crippen LogP) is 5.21. The van der Waals surface area contributed by atoms with E-state index in [0.717, 1.165) is 17.6 Å². The van der Waals surface area contributed by atoms with Crippen molar-refractivity contribution in [3.63, 3.8) is 0 Å². The van der Waals surface area contributed by atoms with Crippen molar-refractivity contribution in [2.24, 2.45) is 0 Å². The molecule has 1 aliphatic carbocycles. The topological polar surface area (TPSA) is 54.1 Å². The highest BCUT2D eigenvalue weighted by molar-refractivity contribution is 6.06. The van der Waals surface area contributed by atoms with E-state index in [0.29, 0.717) is 22.4 Å². The summed E-state index contributed by atoms with van der Waals surface area (Å²) in [6.45, 7) is 0.0867. The van der Waals surface area contributed by atoms with Gasteiger partial charge in [0.25, 0.3) is 5.91 Å². The fourth-order valence-electron chi connectivity index (χ4n) is 2.82. The van der Waals surface area contributed by atoms with E-state index < -0.39 is 23.3 Å². The fourth-order valence-corrected chi connectivity index (χ4v) is 2.82. The molecule has 0 unspecified atom stereocenters. The number of amides is 1. The summed E-state index contributed by atoms with van der Waals surface area (Å²) in [6, 6.07) is 9.86. The molecule has 1 fully saturated rings. The van der Waals surface area contributed by atoms with E-state index in [9.17, 15) is 22.4 Å². The Morgan fingerprint density at radius 1 is 1.14 bits per heavy atom. The van der Waals surface area contributed by atoms with Gasteiger partial charge in [-0.05, 0) is 48.7 Å². The fraction of sp³-hybridized carbons (Fsp3) is 0.250. The number of H-pyrrole nitrogens is 1. The molecule has 2 aromatic carbocycles. The molecule has 28 heavy (non-hydrogen) atoms. The van der Waals surface area contributed by atoms with Crippen molar-refractivity contribution in [2.45, 2.75) is 31.3 Å². The summed E-state index contributed by atoms with van der Waals surface area (Å²) in [5.41, 5.74) is -0.722. The van der Waals surface area contributed by atoms with E-state index in [1.807, 2.05) is 0 Å². The zero-order valence-corrected chi connectivity index (χ0v) is 14.6. The van der Waals surface area contributed by atoms with Crippen LogP contribution in [0.2, 0.25) is 0 Å². The first-order valence-electron chi connectivity index (χ1n) is 8.65. The number of carbonyl (C=O) groups is 1. The third-order valence-electron chi connectivity index (χ3n) is 4.68. The van der Waals surface area contributed by atoms with Crippen molar-refractivity contribution in [3.05, 3.63) is 59.8 Å². The number of carbonyl (C=O) groups excluding carboxylic acids is 1. The van der Waals surface area contributed by atoms with Crippen molar-refractivity contribution < 1.29 is 27.1 Å². The summed E-state index contributed by atoms with van der Waals surface area (Å²) < 4.78 is 57.3. The number of alkyl halides is 4. The number of aromatic nitrogens is 1. The molecule has 4 nitrogen and oxygen atoms in total. The maximum absolute atomic E-state index is 13.9. The van der Waals surface area contributed by atoms with Gasteiger partial charge in [0.15, 0.2) is 5.67 Å². The minimum atomic E-state index is -4.38. The molecule has 0 bridgehead atoms. The Labute approximate surface area is 157 Å². The SMILES string of the molecule is O=C(Nc1c[nH]c2ccc(OCc3ccc(C(F)(F)F)cc3)cc12)C1(F)CC1. The normalized spacial score (nSPS) is 15.4. The van der Waals surface area contributed by atoms with Crippen LogP contribution in [0.5, 0.6) is 5.75 Å². The first-order chi connectivity index (χ1) is 13.2. The lowest BCUT2D eigenvalue weighted by atomic mass is 10.1. The van der Waals surface area contributed by atoms with E-state index >= 15 is 0 Å². The van der Waals surface area contributed by atoms with Gasteiger partial charge in [-0.2, -0.15) is 13.2 Å². The van der Waals surface area contributed by atoms with E-state index in [-0.39, 0.29) is 19.4 Å². The highest BCUT2D eigenvalue weighted by atomic mass is 19.4. The van der Waals surface area contributed by atoms with E-state index in [1.165, 1.54) is 12.1 Å². The summed E-state index contributed by atoms with van der Waals surface area (Å²) in [6.07, 6.45) is -2.35. The number of rotatable bonds is 5. The first kappa shape index (κ1) is 18.3. The molecule has 0 radical (unpaired) electrons. The molecule has 1 amide bonds. The second-order valence-electron chi connectivity index (χ2n) is 6.81. The Morgan fingerprint density at radius 2 is 1.86 bits per heavy atom. The lowest BCUT2D eigenvalue weighted by Crippen LogP contribution is -2.25. The Bertz CT molecular complexity index is 1020. The summed E-state index contributed by atoms with van der Waals surface area (Å²) in [5.74, 6) is -0.187. The second-order valence-corrected chi connectivity index (χ2v) is 6.81. The number of hydrogen-bond acceptors (Lipinski definition) is 2. The minimum Gasteiger partial charge on any atom is -0.489 e. The predicted molar refractivity (Wildman–Crippen MR) is 95.8 cm³/mol. The number of aromatic amines is 1. The molecule has 0 spiro atoms. The number of hydrogen-bond donors (Lipinski definition) is 2. The summed E-state index contributed by atoms with van der Waals surface area (Å²) in [5, 5.41) is 3.24. The van der Waals surface area contributed by atoms with Crippen LogP contribution in [0.25, 0.3) is 10.9 Å². The molecule has 4 rings (SSSR count). The monoisotopic (exact) mass is 392 g/mol. The standard InChI is InChI=1S/C20H16F4N2O2/c21-19(7-8-19)18(27)26-17-10-25-16-6-5-14(9-15(16)17)28-11-12-1-3-13(4-2-12)20(22,23)24/h1-6,9-10,25H,7-8,11H2,(H,26,27). The Balaban J connectivity index is 1.47. The van der Waals surface area contributed by atoms with Crippen molar-refractivity contribution in [1.82, 2.24) is 4.98 Å². The largest absolute Gasteiger partial charge is 0.489 e. The molecule has 146 valence electrons. The number of ether oxygens (including phenoxy) is 1. The van der Waals surface area contributed by atoms with Gasteiger partial charge in [0.05, 0.1) is 11.3 Å². The van der Waals surface area contributed by atoms with Crippen LogP contribution in [0.1, 0.15) is 24.0 Å². The molecule has 8 heteroatoms. The summed E-state index contributed by atoms with van der Waals surface area (Å²) in [4.78, 5) is 14.9. The quantitative estimate of drug-likeness (QED) is 0.586. The third kappa shape index (κ3) is 3.67. The maximum atomic E-state index is 13.9. The minimum absolute atomic E-state index is 0.0867. The van der Waals surface area contributed by atoms with Crippen molar-refractivity contribution in [3.8, 4) is 5.75 Å². The molecule has 1 aromatic heterocycles. The van der Waals surface area contributed by atoms with Gasteiger partial charge in [0, 0.05) is 17.1 Å². The Morgan fingerprint density at radius 3 is 2.50 bits per heavy atom. The molecule has 1 heterocycles. The van der Waals surface area contributed by atoms with Gasteiger partial charge >= 0.3 is 6.18 Å². The molecule has 2 N–H and O–H groups in total. The Hall–Kier alpha value is -3.03. The van der Waals surface area contributed by atoms with Crippen LogP contribution in [-0.2, 0) is 17.6 Å². The van der Waals surface area contributed by atoms with Gasteiger partial charge in [0.1, 0.15) is 12.4 Å². The van der Waals surface area contributed by atoms with Crippen LogP contribution >= 0.6 is 0 Å². The molecule has 3 aromatic rings. The van der Waals surface area contributed by atoms with Crippen LogP contribution in [0.15, 0.2) is 48.7 Å². The van der Waals surface area contributed by atoms with Crippen molar-refractivity contribution in [2.75, 3.05) is 5.32 Å². The second kappa shape index (κ2) is 6.54. The zero-order valence-electron chi connectivity index (χ0n) is 14.6. The van der Waals surface area contributed by atoms with Gasteiger partial charge in [-0.25, -0.2) is 4.39 Å². The van der Waals surface area contributed by atoms with Crippen LogP contribution in [0.4, 0.5) is 23.2 Å². The van der Waals surface area contributed by atoms with Gasteiger partial charge < -0.3 is 15.0 Å². The summed E-state index contributed by atoms with van der Waals surface area (Å²) in [7, 11) is 0. The van der Waals surface area contributed by atoms with Gasteiger partial charge in [-0.1, -0.05) is 12.1 Å². The lowest BCUT2D eigenvalue weighted by molar-refractivity contribution is -0.137. The molecule has 0 saturated heterocycles. The van der Waals surface area contributed by atoms with Crippen LogP contribution in [0.3, 0.4) is 0 Å². The van der Waals surface area contributed by atoms with Gasteiger partial charge in [0.2, 0.25) is 0 Å². The van der Waals surface area contributed by atoms with E-state index in [1.54, 1.807) is 24.4 Å². The summed E-state index contributed by atoms with van der Waals surface area (Å²) >= 11 is 0. The van der Waals surface area contributed by atoms with Gasteiger partial charge in [-0.15, -0.1) is 0 Å². The van der Waals surface area contributed by atoms with Crippen molar-refractivity contribution >= 4 is 22.5 Å². The lowest BCUT2D eigenvalue weighted by Gasteiger charge is -2.10. The molecular weight excluding hydrogens is 376 g/mol. The smallest absolute Gasteiger partial charge is 0.416 e. The van der Waals surface area contributed by atoms with Crippen LogP contribution < -0.4 is 10.1 Å².